The summed E-state index contributed by atoms with van der Waals surface area (Å²) in [6.07, 6.45) is 1.29. The molecule has 17 saturated heterocycles. The summed E-state index contributed by atoms with van der Waals surface area (Å²) in [4.78, 5) is 14.7. The van der Waals surface area contributed by atoms with Crippen molar-refractivity contribution in [3.63, 3.8) is 0 Å². The van der Waals surface area contributed by atoms with E-state index in [2.05, 4.69) is 27.0 Å². The zero-order valence-electron chi connectivity index (χ0n) is 46.3. The molecule has 1 unspecified atom stereocenters. The summed E-state index contributed by atoms with van der Waals surface area (Å²) in [7, 11) is 0. The molecule has 0 aromatic heterocycles. The molecule has 12 bridgehead atoms. The van der Waals surface area contributed by atoms with Gasteiger partial charge in [0.15, 0.2) is 17.7 Å². The van der Waals surface area contributed by atoms with E-state index in [4.69, 9.17) is 71.1 Å². The van der Waals surface area contributed by atoms with Crippen LogP contribution >= 0.6 is 0 Å². The van der Waals surface area contributed by atoms with Crippen molar-refractivity contribution in [2.75, 3.05) is 13.2 Å². The Labute approximate surface area is 467 Å². The molecule has 17 aliphatic heterocycles. The van der Waals surface area contributed by atoms with Gasteiger partial charge in [0.1, 0.15) is 36.3 Å². The van der Waals surface area contributed by atoms with Crippen LogP contribution in [-0.4, -0.2) is 209 Å². The predicted octanol–water partition coefficient (Wildman–Crippen LogP) is 3.65. The van der Waals surface area contributed by atoms with Gasteiger partial charge in [-0.15, -0.1) is 0 Å². The first-order chi connectivity index (χ1) is 38.5. The van der Waals surface area contributed by atoms with Crippen molar-refractivity contribution in [3.05, 3.63) is 24.3 Å². The van der Waals surface area contributed by atoms with Gasteiger partial charge in [0.2, 0.25) is 11.6 Å². The molecule has 32 atom stereocenters. The minimum absolute atomic E-state index is 0.0327. The molecular formula is C60H84O20. The van der Waals surface area contributed by atoms with Gasteiger partial charge in [-0.2, -0.15) is 0 Å². The Hall–Kier alpha value is -1.61. The molecule has 0 aliphatic carbocycles. The van der Waals surface area contributed by atoms with Crippen molar-refractivity contribution in [2.24, 2.45) is 23.7 Å². The molecule has 20 nitrogen and oxygen atoms in total. The first-order valence-electron chi connectivity index (χ1n) is 31.1. The maximum absolute atomic E-state index is 14.7. The van der Waals surface area contributed by atoms with E-state index in [9.17, 15) is 25.2 Å². The van der Waals surface area contributed by atoms with Gasteiger partial charge in [0.05, 0.1) is 123 Å². The molecule has 3 spiro atoms. The van der Waals surface area contributed by atoms with Crippen molar-refractivity contribution in [3.8, 4) is 0 Å². The van der Waals surface area contributed by atoms with Crippen molar-refractivity contribution in [1.82, 2.24) is 0 Å². The third-order valence-electron chi connectivity index (χ3n) is 22.7. The number of ketones is 1. The number of carbonyl (C=O) groups is 1. The molecule has 0 amide bonds. The van der Waals surface area contributed by atoms with Gasteiger partial charge in [0.25, 0.3) is 0 Å². The largest absolute Gasteiger partial charge is 0.394 e. The Morgan fingerprint density at radius 1 is 0.562 bits per heavy atom. The van der Waals surface area contributed by atoms with E-state index in [1.807, 2.05) is 0 Å². The smallest absolute Gasteiger partial charge is 0.227 e. The number of hydrogen-bond acceptors (Lipinski definition) is 20. The summed E-state index contributed by atoms with van der Waals surface area (Å²) in [6.45, 7) is 13.5. The van der Waals surface area contributed by atoms with Crippen LogP contribution < -0.4 is 0 Å². The molecule has 444 valence electrons. The number of aliphatic hydroxyl groups excluding tert-OH is 3. The third-order valence-corrected chi connectivity index (χ3v) is 22.7. The summed E-state index contributed by atoms with van der Waals surface area (Å²) < 4.78 is 102. The van der Waals surface area contributed by atoms with Crippen molar-refractivity contribution >= 4 is 5.78 Å². The zero-order valence-corrected chi connectivity index (χ0v) is 46.3. The van der Waals surface area contributed by atoms with Gasteiger partial charge in [-0.25, -0.2) is 0 Å². The first kappa shape index (κ1) is 53.8. The lowest BCUT2D eigenvalue weighted by molar-refractivity contribution is -0.363. The van der Waals surface area contributed by atoms with E-state index >= 15 is 0 Å². The lowest BCUT2D eigenvalue weighted by Gasteiger charge is -2.53. The molecule has 17 aliphatic rings. The molecule has 17 heterocycles. The summed E-state index contributed by atoms with van der Waals surface area (Å²) in [5.41, 5.74) is 2.08. The van der Waals surface area contributed by atoms with Gasteiger partial charge in [-0.1, -0.05) is 27.0 Å². The van der Waals surface area contributed by atoms with Crippen LogP contribution in [0.1, 0.15) is 136 Å². The fraction of sp³-hybridized carbons (Fsp3) is 0.917. The van der Waals surface area contributed by atoms with E-state index in [0.717, 1.165) is 36.8 Å². The highest BCUT2D eigenvalue weighted by Crippen LogP contribution is 2.59. The number of fused-ring (bicyclic) bond motifs is 11. The molecule has 0 saturated carbocycles. The molecule has 0 aromatic rings. The number of ether oxygens (including phenoxy) is 15. The van der Waals surface area contributed by atoms with Crippen LogP contribution in [0, 0.1) is 23.7 Å². The highest BCUT2D eigenvalue weighted by Gasteiger charge is 2.79. The number of hydrogen-bond donors (Lipinski definition) is 4. The fourth-order valence-corrected chi connectivity index (χ4v) is 18.7. The Morgan fingerprint density at radius 2 is 1.31 bits per heavy atom. The summed E-state index contributed by atoms with van der Waals surface area (Å²) in [5.74, 6) is -5.22. The SMILES string of the molecule is C=C1C[C@@H]2CC[C@]34OC5[C@@H]6O[C@H]7CC[C@H](CC(=O)C[C@@H]8C[C@@H]9O[C@@H]%10C[C@]%11(C[C@@H]%12O[C@@]%13(CC[C@@H]%12O%11)C[C@H](C)[C@@H]%11O[C@@H]%12[C@@H]([C@@H](O)CO)CO[C@@H]%12C[C@@H]%11O%13)O[C@@H]%10C[C@@H]9O[C@H]8C[C@H]8O[C@@H](CC[C@@H]1O2)C[C@@H](C)C8=C)O[C@@H]7[C@H](O3)[C@@H]6O[C@@]5(O)[C@H]4O. The van der Waals surface area contributed by atoms with E-state index in [1.54, 1.807) is 0 Å². The third kappa shape index (κ3) is 8.70. The van der Waals surface area contributed by atoms with Crippen molar-refractivity contribution in [1.29, 1.82) is 0 Å². The first-order valence-corrected chi connectivity index (χ1v) is 31.1. The van der Waals surface area contributed by atoms with Crippen LogP contribution in [0.4, 0.5) is 0 Å². The van der Waals surface area contributed by atoms with Gasteiger partial charge in [0, 0.05) is 70.1 Å². The van der Waals surface area contributed by atoms with Crippen LogP contribution in [-0.2, 0) is 75.8 Å². The second kappa shape index (κ2) is 19.7. The Bertz CT molecular complexity index is 2430. The maximum atomic E-state index is 14.7. The van der Waals surface area contributed by atoms with E-state index in [0.29, 0.717) is 83.7 Å². The van der Waals surface area contributed by atoms with Crippen molar-refractivity contribution < 1.29 is 96.3 Å². The minimum atomic E-state index is -2.01. The molecule has 80 heavy (non-hydrogen) atoms. The van der Waals surface area contributed by atoms with Crippen LogP contribution in [0.25, 0.3) is 0 Å². The van der Waals surface area contributed by atoms with Crippen LogP contribution in [0.5, 0.6) is 0 Å². The molecule has 0 aromatic carbocycles. The van der Waals surface area contributed by atoms with Gasteiger partial charge in [-0.05, 0) is 86.7 Å². The fourth-order valence-electron chi connectivity index (χ4n) is 18.7. The number of carbonyl (C=O) groups excluding carboxylic acids is 1. The summed E-state index contributed by atoms with van der Waals surface area (Å²) in [5, 5.41) is 44.0. The summed E-state index contributed by atoms with van der Waals surface area (Å²) >= 11 is 0. The van der Waals surface area contributed by atoms with E-state index in [1.165, 1.54) is 0 Å². The van der Waals surface area contributed by atoms with E-state index < -0.39 is 72.0 Å². The predicted molar refractivity (Wildman–Crippen MR) is 273 cm³/mol. The van der Waals surface area contributed by atoms with Crippen LogP contribution in [0.2, 0.25) is 0 Å². The minimum Gasteiger partial charge on any atom is -0.394 e. The topological polar surface area (TPSA) is 236 Å². The van der Waals surface area contributed by atoms with E-state index in [-0.39, 0.29) is 153 Å². The average molecular weight is 1130 g/mol. The molecule has 20 heteroatoms. The maximum Gasteiger partial charge on any atom is 0.227 e. The zero-order chi connectivity index (χ0) is 54.4. The second-order valence-corrected chi connectivity index (χ2v) is 27.8. The Balaban J connectivity index is 0.619. The molecule has 17 fully saturated rings. The highest BCUT2D eigenvalue weighted by atomic mass is 16.8. The Kier molecular flexibility index (Phi) is 13.3. The highest BCUT2D eigenvalue weighted by molar-refractivity contribution is 5.79. The van der Waals surface area contributed by atoms with Gasteiger partial charge >= 0.3 is 0 Å². The van der Waals surface area contributed by atoms with Gasteiger partial charge in [-0.3, -0.25) is 4.79 Å². The quantitative estimate of drug-likeness (QED) is 0.289. The van der Waals surface area contributed by atoms with Crippen LogP contribution in [0.3, 0.4) is 0 Å². The number of aliphatic hydroxyl groups is 4. The van der Waals surface area contributed by atoms with Crippen molar-refractivity contribution in [2.45, 2.75) is 305 Å². The molecular weight excluding hydrogens is 1040 g/mol. The lowest BCUT2D eigenvalue weighted by Crippen LogP contribution is -2.63. The number of rotatable bonds is 2. The molecule has 0 radical (unpaired) electrons. The molecule has 4 N–H and O–H groups in total. The number of Topliss-reactive ketones (excluding diaryl/α,β-unsaturated/α-hetero) is 1. The molecule has 17 rings (SSSR count). The monoisotopic (exact) mass is 1120 g/mol. The Morgan fingerprint density at radius 3 is 2.19 bits per heavy atom. The van der Waals surface area contributed by atoms with Gasteiger partial charge < -0.3 is 91.5 Å². The average Bonchev–Trinajstić information content (AvgIpc) is 2.56. The summed E-state index contributed by atoms with van der Waals surface area (Å²) in [6, 6.07) is 0. The standard InChI is InChI=1S/C60H84O20/c1-26-13-32-5-7-37-27(2)14-34(67-37)9-12-59-56(64)60(65)55(80-59)54-53(79-60)52(78-59)51-39(72-54)8-6-33(69-51)17-31(62)15-30-16-42-43(70-41(30)18-40(68-32)29(26)4)19-44-47(71-42)22-58(75-44)23-48-38(74-58)10-11-57(77-48)21-28(3)49-46(76-57)20-45-50(73-49)35(25-66-45)36(63)24-61/h26,28,30,32-56,61,63-65H,2,4-25H2,1,3H3/t26-,28+,30-,32+,33-,34+,35-,36+,37+,38+,39+,40-,41+,42+,43+,44-,45-,46+,47-,48+,49+,50-,51+,52+,53+,54-,55?,56+,57+,58-,59-,60-/m1/s1. The normalized spacial score (nSPS) is 59.0. The van der Waals surface area contributed by atoms with Crippen LogP contribution in [0.15, 0.2) is 24.3 Å². The lowest BCUT2D eigenvalue weighted by atomic mass is 9.78. The second-order valence-electron chi connectivity index (χ2n) is 27.8.